The van der Waals surface area contributed by atoms with Gasteiger partial charge in [-0.05, 0) is 6.07 Å². The van der Waals surface area contributed by atoms with Gasteiger partial charge in [-0.15, -0.1) is 11.8 Å². The molecule has 1 amide bonds. The standard InChI is InChI=1S/C14H19NO5S/c1-20-12-5-3-2-4-11(12)8-15(6-7-16)13(17)9-21-10-14(18)19/h2-5,16H,6-10H2,1H3,(H,18,19). The number of benzene rings is 1. The predicted octanol–water partition coefficient (Wildman–Crippen LogP) is 0.834. The average molecular weight is 313 g/mol. The Morgan fingerprint density at radius 2 is 2.00 bits per heavy atom. The minimum atomic E-state index is -0.953. The molecule has 0 saturated heterocycles. The third kappa shape index (κ3) is 6.05. The van der Waals surface area contributed by atoms with Crippen molar-refractivity contribution in [3.8, 4) is 5.75 Å². The fourth-order valence-electron chi connectivity index (χ4n) is 1.77. The molecule has 0 aromatic heterocycles. The summed E-state index contributed by atoms with van der Waals surface area (Å²) >= 11 is 1.04. The number of carboxylic acids is 1. The second-order valence-corrected chi connectivity index (χ2v) is 5.22. The highest BCUT2D eigenvalue weighted by molar-refractivity contribution is 8.00. The van der Waals surface area contributed by atoms with E-state index in [1.807, 2.05) is 18.2 Å². The van der Waals surface area contributed by atoms with Crippen LogP contribution in [0.1, 0.15) is 5.56 Å². The lowest BCUT2D eigenvalue weighted by Gasteiger charge is -2.22. The van der Waals surface area contributed by atoms with E-state index in [-0.39, 0.29) is 30.6 Å². The number of nitrogens with zero attached hydrogens (tertiary/aromatic N) is 1. The maximum atomic E-state index is 12.1. The van der Waals surface area contributed by atoms with Gasteiger partial charge in [0.25, 0.3) is 0 Å². The van der Waals surface area contributed by atoms with Gasteiger partial charge in [0, 0.05) is 18.7 Å². The lowest BCUT2D eigenvalue weighted by atomic mass is 10.2. The molecule has 0 atom stereocenters. The highest BCUT2D eigenvalue weighted by atomic mass is 32.2. The highest BCUT2D eigenvalue weighted by Gasteiger charge is 2.16. The number of para-hydroxylation sites is 1. The molecule has 0 aliphatic rings. The van der Waals surface area contributed by atoms with Gasteiger partial charge in [0.15, 0.2) is 0 Å². The van der Waals surface area contributed by atoms with E-state index in [0.29, 0.717) is 12.3 Å². The van der Waals surface area contributed by atoms with E-state index in [0.717, 1.165) is 17.3 Å². The Hall–Kier alpha value is -1.73. The van der Waals surface area contributed by atoms with Crippen molar-refractivity contribution in [1.82, 2.24) is 4.90 Å². The van der Waals surface area contributed by atoms with Crippen LogP contribution in [0.15, 0.2) is 24.3 Å². The Morgan fingerprint density at radius 1 is 1.29 bits per heavy atom. The van der Waals surface area contributed by atoms with E-state index in [4.69, 9.17) is 14.9 Å². The average Bonchev–Trinajstić information content (AvgIpc) is 2.46. The van der Waals surface area contributed by atoms with E-state index >= 15 is 0 Å². The number of carbonyl (C=O) groups is 2. The SMILES string of the molecule is COc1ccccc1CN(CCO)C(=O)CSCC(=O)O. The number of ether oxygens (including phenoxy) is 1. The molecule has 0 unspecified atom stereocenters. The van der Waals surface area contributed by atoms with Crippen molar-refractivity contribution in [2.24, 2.45) is 0 Å². The molecule has 1 aromatic carbocycles. The molecule has 1 aromatic rings. The second kappa shape index (κ2) is 9.25. The third-order valence-electron chi connectivity index (χ3n) is 2.73. The van der Waals surface area contributed by atoms with Crippen LogP contribution in [0, 0.1) is 0 Å². The molecular formula is C14H19NO5S. The number of carboxylic acid groups (broad SMARTS) is 1. The van der Waals surface area contributed by atoms with Crippen molar-refractivity contribution in [3.63, 3.8) is 0 Å². The fraction of sp³-hybridized carbons (Fsp3) is 0.429. The molecule has 0 fully saturated rings. The zero-order valence-corrected chi connectivity index (χ0v) is 12.6. The van der Waals surface area contributed by atoms with Gasteiger partial charge in [-0.3, -0.25) is 9.59 Å². The van der Waals surface area contributed by atoms with Crippen molar-refractivity contribution in [1.29, 1.82) is 0 Å². The van der Waals surface area contributed by atoms with Gasteiger partial charge >= 0.3 is 5.97 Å². The number of aliphatic carboxylic acids is 1. The summed E-state index contributed by atoms with van der Waals surface area (Å²) < 4.78 is 5.23. The quantitative estimate of drug-likeness (QED) is 0.702. The first-order valence-electron chi connectivity index (χ1n) is 6.38. The summed E-state index contributed by atoms with van der Waals surface area (Å²) in [6.45, 7) is 0.367. The fourth-order valence-corrected chi connectivity index (χ4v) is 2.40. The molecule has 21 heavy (non-hydrogen) atoms. The van der Waals surface area contributed by atoms with Gasteiger partial charge in [0.2, 0.25) is 5.91 Å². The van der Waals surface area contributed by atoms with Crippen LogP contribution in [0.4, 0.5) is 0 Å². The highest BCUT2D eigenvalue weighted by Crippen LogP contribution is 2.19. The summed E-state index contributed by atoms with van der Waals surface area (Å²) in [5.74, 6) is -0.534. The first kappa shape index (κ1) is 17.3. The number of aliphatic hydroxyl groups is 1. The van der Waals surface area contributed by atoms with Gasteiger partial charge in [0.05, 0.1) is 25.2 Å². The van der Waals surface area contributed by atoms with Crippen molar-refractivity contribution in [2.75, 3.05) is 31.8 Å². The van der Waals surface area contributed by atoms with Gasteiger partial charge < -0.3 is 19.8 Å². The van der Waals surface area contributed by atoms with Crippen LogP contribution >= 0.6 is 11.8 Å². The van der Waals surface area contributed by atoms with Crippen LogP contribution in [-0.4, -0.2) is 58.8 Å². The summed E-state index contributed by atoms with van der Waals surface area (Å²) in [5, 5.41) is 17.6. The third-order valence-corrected chi connectivity index (χ3v) is 3.63. The maximum Gasteiger partial charge on any atom is 0.313 e. The first-order valence-corrected chi connectivity index (χ1v) is 7.54. The lowest BCUT2D eigenvalue weighted by Crippen LogP contribution is -2.34. The van der Waals surface area contributed by atoms with Gasteiger partial charge in [-0.2, -0.15) is 0 Å². The van der Waals surface area contributed by atoms with E-state index < -0.39 is 5.97 Å². The zero-order valence-electron chi connectivity index (χ0n) is 11.8. The first-order chi connectivity index (χ1) is 10.1. The minimum absolute atomic E-state index is 0.0709. The van der Waals surface area contributed by atoms with Gasteiger partial charge in [-0.25, -0.2) is 0 Å². The zero-order chi connectivity index (χ0) is 15.7. The lowest BCUT2D eigenvalue weighted by molar-refractivity contribution is -0.133. The Balaban J connectivity index is 2.67. The molecule has 0 aliphatic heterocycles. The van der Waals surface area contributed by atoms with Crippen LogP contribution in [0.2, 0.25) is 0 Å². The normalized spacial score (nSPS) is 10.2. The smallest absolute Gasteiger partial charge is 0.313 e. The number of aliphatic hydroxyl groups excluding tert-OH is 1. The summed E-state index contributed by atoms with van der Waals surface area (Å²) in [5.41, 5.74) is 0.838. The molecular weight excluding hydrogens is 294 g/mol. The molecule has 116 valence electrons. The number of thioether (sulfide) groups is 1. The van der Waals surface area contributed by atoms with Gasteiger partial charge in [0.1, 0.15) is 5.75 Å². The number of amides is 1. The van der Waals surface area contributed by atoms with E-state index in [1.165, 1.54) is 4.90 Å². The topological polar surface area (TPSA) is 87.1 Å². The molecule has 0 saturated carbocycles. The maximum absolute atomic E-state index is 12.1. The molecule has 6 nitrogen and oxygen atoms in total. The monoisotopic (exact) mass is 313 g/mol. The predicted molar refractivity (Wildman–Crippen MR) is 80.5 cm³/mol. The van der Waals surface area contributed by atoms with Crippen molar-refractivity contribution >= 4 is 23.6 Å². The minimum Gasteiger partial charge on any atom is -0.496 e. The van der Waals surface area contributed by atoms with Crippen LogP contribution in [0.5, 0.6) is 5.75 Å². The van der Waals surface area contributed by atoms with Crippen molar-refractivity contribution in [2.45, 2.75) is 6.54 Å². The molecule has 0 aliphatic carbocycles. The number of carbonyl (C=O) groups excluding carboxylic acids is 1. The molecule has 0 radical (unpaired) electrons. The van der Waals surface area contributed by atoms with Crippen LogP contribution < -0.4 is 4.74 Å². The Labute approximate surface area is 127 Å². The molecule has 7 heteroatoms. The number of methoxy groups -OCH3 is 1. The Morgan fingerprint density at radius 3 is 2.62 bits per heavy atom. The summed E-state index contributed by atoms with van der Waals surface area (Å²) in [6, 6.07) is 7.33. The van der Waals surface area contributed by atoms with Gasteiger partial charge in [-0.1, -0.05) is 18.2 Å². The van der Waals surface area contributed by atoms with Crippen molar-refractivity contribution < 1.29 is 24.5 Å². The Kier molecular flexibility index (Phi) is 7.63. The number of hydrogen-bond donors (Lipinski definition) is 2. The van der Waals surface area contributed by atoms with E-state index in [9.17, 15) is 9.59 Å². The Bertz CT molecular complexity index is 480. The molecule has 0 heterocycles. The largest absolute Gasteiger partial charge is 0.496 e. The van der Waals surface area contributed by atoms with Crippen LogP contribution in [0.3, 0.4) is 0 Å². The second-order valence-electron chi connectivity index (χ2n) is 4.24. The molecule has 0 bridgehead atoms. The summed E-state index contributed by atoms with van der Waals surface area (Å²) in [7, 11) is 1.56. The number of rotatable bonds is 9. The van der Waals surface area contributed by atoms with E-state index in [1.54, 1.807) is 13.2 Å². The van der Waals surface area contributed by atoms with Crippen LogP contribution in [-0.2, 0) is 16.1 Å². The molecule has 0 spiro atoms. The van der Waals surface area contributed by atoms with E-state index in [2.05, 4.69) is 0 Å². The van der Waals surface area contributed by atoms with Crippen molar-refractivity contribution in [3.05, 3.63) is 29.8 Å². The summed E-state index contributed by atoms with van der Waals surface area (Å²) in [4.78, 5) is 24.0. The molecule has 2 N–H and O–H groups in total. The molecule has 1 rings (SSSR count). The number of hydrogen-bond acceptors (Lipinski definition) is 5. The summed E-state index contributed by atoms with van der Waals surface area (Å²) in [6.07, 6.45) is 0. The van der Waals surface area contributed by atoms with Crippen LogP contribution in [0.25, 0.3) is 0 Å².